The van der Waals surface area contributed by atoms with Gasteiger partial charge in [0.25, 0.3) is 6.47 Å². The molecule has 4 fully saturated rings. The summed E-state index contributed by atoms with van der Waals surface area (Å²) in [6, 6.07) is -1.51. The summed E-state index contributed by atoms with van der Waals surface area (Å²) >= 11 is 0. The second-order valence-electron chi connectivity index (χ2n) is 13.9. The molecule has 314 valence electrons. The molecule has 15 unspecified atom stereocenters. The van der Waals surface area contributed by atoms with Gasteiger partial charge in [0.2, 0.25) is 5.91 Å². The van der Waals surface area contributed by atoms with Gasteiger partial charge in [0.1, 0.15) is 85.4 Å². The summed E-state index contributed by atoms with van der Waals surface area (Å²) in [7, 11) is 0. The first kappa shape index (κ1) is 44.9. The van der Waals surface area contributed by atoms with Gasteiger partial charge in [-0.15, -0.1) is 0 Å². The maximum Gasteiger partial charge on any atom is 0.332 e. The molecule has 13 N–H and O–H groups in total. The van der Waals surface area contributed by atoms with Gasteiger partial charge in [0.15, 0.2) is 12.6 Å². The predicted octanol–water partition coefficient (Wildman–Crippen LogP) is -8.01. The van der Waals surface area contributed by atoms with Crippen molar-refractivity contribution in [3.63, 3.8) is 0 Å². The van der Waals surface area contributed by atoms with Gasteiger partial charge < -0.3 is 104 Å². The van der Waals surface area contributed by atoms with Crippen LogP contribution < -0.4 is 5.32 Å². The quantitative estimate of drug-likeness (QED) is 0.0541. The average Bonchev–Trinajstić information content (AvgIpc) is 3.14. The standard InChI is InChI=1S/C31H53NO22/c1-10-13(38)4-31(48-9-36,54-26(10)19(40)14(39)5-33)47-8-17-21(42)23(44)25(46)30(51-17)53-28-16(7-35)50-29(18(22(28)43)32-12(3)37)52-27-11(2)49-15(6-34)20(41)24(27)45/h9-11,13-30,33-35,38-46H,4-8H2,1-3H3,(H,32,37)/t10-,11?,13?,14?,15?,16?,17?,18?,19?,20-,21+,22?,23?,24?,25+,26?,27+,28-,29?,30?,31?/m1/s1. The summed E-state index contributed by atoms with van der Waals surface area (Å²) < 4.78 is 45.0. The van der Waals surface area contributed by atoms with E-state index in [1.165, 1.54) is 13.8 Å². The second kappa shape index (κ2) is 19.1. The minimum Gasteiger partial charge on any atom is -0.410 e. The molecular formula is C31H53NO22. The van der Waals surface area contributed by atoms with Gasteiger partial charge in [-0.3, -0.25) is 9.59 Å². The minimum atomic E-state index is -2.46. The first-order valence-corrected chi connectivity index (χ1v) is 17.4. The fourth-order valence-corrected chi connectivity index (χ4v) is 6.90. The predicted molar refractivity (Wildman–Crippen MR) is 169 cm³/mol. The summed E-state index contributed by atoms with van der Waals surface area (Å²) in [5, 5.41) is 128. The Morgan fingerprint density at radius 2 is 1.43 bits per heavy atom. The van der Waals surface area contributed by atoms with Gasteiger partial charge in [-0.2, -0.15) is 0 Å². The number of carbonyl (C=O) groups excluding carboxylic acids is 2. The summed E-state index contributed by atoms with van der Waals surface area (Å²) in [6.07, 6.45) is -29.8. The van der Waals surface area contributed by atoms with Crippen LogP contribution in [-0.2, 0) is 47.5 Å². The van der Waals surface area contributed by atoms with Crippen molar-refractivity contribution in [2.45, 2.75) is 149 Å². The van der Waals surface area contributed by atoms with Gasteiger partial charge in [-0.25, -0.2) is 0 Å². The fourth-order valence-electron chi connectivity index (χ4n) is 6.90. The zero-order valence-corrected chi connectivity index (χ0v) is 29.6. The molecule has 0 saturated carbocycles. The molecule has 23 nitrogen and oxygen atoms in total. The van der Waals surface area contributed by atoms with Crippen LogP contribution in [0.25, 0.3) is 0 Å². The lowest BCUT2D eigenvalue weighted by Crippen LogP contribution is -2.69. The van der Waals surface area contributed by atoms with E-state index in [9.17, 15) is 70.9 Å². The number of amides is 1. The van der Waals surface area contributed by atoms with Gasteiger partial charge in [0.05, 0.1) is 51.2 Å². The molecule has 0 spiro atoms. The van der Waals surface area contributed by atoms with Crippen LogP contribution in [0.3, 0.4) is 0 Å². The Bertz CT molecular complexity index is 1210. The second-order valence-corrected chi connectivity index (χ2v) is 13.9. The summed E-state index contributed by atoms with van der Waals surface area (Å²) in [5.74, 6) is -4.05. The van der Waals surface area contributed by atoms with Crippen molar-refractivity contribution in [2.24, 2.45) is 5.92 Å². The number of hydrogen-bond acceptors (Lipinski definition) is 22. The smallest absolute Gasteiger partial charge is 0.332 e. The van der Waals surface area contributed by atoms with Crippen LogP contribution in [-0.4, -0.2) is 222 Å². The number of aliphatic hydroxyl groups is 12. The number of aliphatic hydroxyl groups excluding tert-OH is 12. The first-order chi connectivity index (χ1) is 25.4. The highest BCUT2D eigenvalue weighted by Gasteiger charge is 2.55. The first-order valence-electron chi connectivity index (χ1n) is 17.4. The SMILES string of the molecule is CC(=O)NC1C(O[C@H]2C(C)OC(CO)[C@@H](O)C2O)OC(CO)[C@@H](OC2OC(COC3(OC=O)CC(O)[C@@H](C)C(C(O)C(O)CO)O3)[C@H](O)C(O)[C@@H]2O)C1O. The molecule has 0 radical (unpaired) electrons. The Labute approximate surface area is 308 Å². The third-order valence-electron chi connectivity index (χ3n) is 10.1. The zero-order chi connectivity index (χ0) is 40.2. The van der Waals surface area contributed by atoms with Gasteiger partial charge in [0, 0.05) is 12.8 Å². The van der Waals surface area contributed by atoms with Crippen molar-refractivity contribution in [1.29, 1.82) is 0 Å². The lowest BCUT2D eigenvalue weighted by Gasteiger charge is -2.49. The van der Waals surface area contributed by atoms with Crippen LogP contribution in [0, 0.1) is 5.92 Å². The highest BCUT2D eigenvalue weighted by molar-refractivity contribution is 5.73. The molecule has 0 aliphatic carbocycles. The van der Waals surface area contributed by atoms with Gasteiger partial charge in [-0.05, 0) is 6.92 Å². The molecule has 4 aliphatic heterocycles. The van der Waals surface area contributed by atoms with Crippen molar-refractivity contribution >= 4 is 12.4 Å². The van der Waals surface area contributed by atoms with Crippen LogP contribution in [0.2, 0.25) is 0 Å². The summed E-state index contributed by atoms with van der Waals surface area (Å²) in [6.45, 7) is 0.690. The van der Waals surface area contributed by atoms with Crippen LogP contribution in [0.15, 0.2) is 0 Å². The van der Waals surface area contributed by atoms with Crippen molar-refractivity contribution in [3.8, 4) is 0 Å². The number of hydrogen-bond donors (Lipinski definition) is 13. The molecular weight excluding hydrogens is 738 g/mol. The van der Waals surface area contributed by atoms with E-state index in [0.29, 0.717) is 0 Å². The van der Waals surface area contributed by atoms with Gasteiger partial charge in [-0.1, -0.05) is 6.92 Å². The van der Waals surface area contributed by atoms with E-state index >= 15 is 0 Å². The third kappa shape index (κ3) is 9.64. The van der Waals surface area contributed by atoms with E-state index in [0.717, 1.165) is 6.92 Å². The molecule has 0 bridgehead atoms. The van der Waals surface area contributed by atoms with Crippen LogP contribution in [0.5, 0.6) is 0 Å². The molecule has 4 aliphatic rings. The Morgan fingerprint density at radius 1 is 0.815 bits per heavy atom. The van der Waals surface area contributed by atoms with Crippen molar-refractivity contribution < 1.29 is 109 Å². The van der Waals surface area contributed by atoms with Gasteiger partial charge >= 0.3 is 5.97 Å². The fraction of sp³-hybridized carbons (Fsp3) is 0.935. The molecule has 0 aromatic rings. The van der Waals surface area contributed by atoms with E-state index in [1.807, 2.05) is 0 Å². The average molecular weight is 792 g/mol. The minimum absolute atomic E-state index is 0.101. The van der Waals surface area contributed by atoms with E-state index in [4.69, 9.17) is 37.9 Å². The van der Waals surface area contributed by atoms with Crippen LogP contribution >= 0.6 is 0 Å². The lowest BCUT2D eigenvalue weighted by atomic mass is 9.87. The molecule has 4 rings (SSSR count). The van der Waals surface area contributed by atoms with Crippen LogP contribution in [0.1, 0.15) is 27.2 Å². The number of rotatable bonds is 15. The van der Waals surface area contributed by atoms with E-state index in [2.05, 4.69) is 5.32 Å². The third-order valence-corrected chi connectivity index (χ3v) is 10.1. The highest BCUT2D eigenvalue weighted by Crippen LogP contribution is 2.38. The molecule has 4 saturated heterocycles. The molecule has 54 heavy (non-hydrogen) atoms. The lowest BCUT2D eigenvalue weighted by molar-refractivity contribution is -0.424. The summed E-state index contributed by atoms with van der Waals surface area (Å²) in [5.41, 5.74) is 0. The number of nitrogens with one attached hydrogen (secondary N) is 1. The molecule has 0 aromatic heterocycles. The van der Waals surface area contributed by atoms with Crippen LogP contribution in [0.4, 0.5) is 0 Å². The Hall–Kier alpha value is -1.82. The highest BCUT2D eigenvalue weighted by atomic mass is 16.9. The Balaban J connectivity index is 1.52. The van der Waals surface area contributed by atoms with Crippen molar-refractivity contribution in [1.82, 2.24) is 5.32 Å². The normalized spacial score (nSPS) is 47.0. The molecule has 21 atom stereocenters. The molecule has 0 aromatic carbocycles. The zero-order valence-electron chi connectivity index (χ0n) is 29.6. The number of ether oxygens (including phenoxy) is 8. The Kier molecular flexibility index (Phi) is 15.9. The monoisotopic (exact) mass is 791 g/mol. The Morgan fingerprint density at radius 3 is 2.02 bits per heavy atom. The maximum atomic E-state index is 12.2. The van der Waals surface area contributed by atoms with E-state index in [1.54, 1.807) is 0 Å². The number of carbonyl (C=O) groups is 2. The molecule has 1 amide bonds. The molecule has 23 heteroatoms. The van der Waals surface area contributed by atoms with Crippen molar-refractivity contribution in [2.75, 3.05) is 26.4 Å². The largest absolute Gasteiger partial charge is 0.410 e. The summed E-state index contributed by atoms with van der Waals surface area (Å²) in [4.78, 5) is 23.7. The topological polar surface area (TPSA) is 363 Å². The molecule has 4 heterocycles. The van der Waals surface area contributed by atoms with E-state index < -0.39 is 167 Å². The van der Waals surface area contributed by atoms with Crippen molar-refractivity contribution in [3.05, 3.63) is 0 Å². The maximum absolute atomic E-state index is 12.2. The van der Waals surface area contributed by atoms with E-state index in [-0.39, 0.29) is 6.47 Å².